The number of aryl methyl sites for hydroxylation is 2. The summed E-state index contributed by atoms with van der Waals surface area (Å²) in [7, 11) is 0. The second-order valence-corrected chi connectivity index (χ2v) is 5.84. The summed E-state index contributed by atoms with van der Waals surface area (Å²) in [6.07, 6.45) is 3.42. The molecule has 5 heteroatoms. The number of benzene rings is 1. The zero-order chi connectivity index (χ0) is 15.4. The number of hydrazone groups is 1. The van der Waals surface area contributed by atoms with Gasteiger partial charge in [-0.05, 0) is 37.6 Å². The van der Waals surface area contributed by atoms with Gasteiger partial charge in [-0.25, -0.2) is 4.98 Å². The standard InChI is InChI=1S/C17H16N4S/c1-12-6-7-13(2)15(9-12)16-11-22-17(20-16)21-19-10-14-5-3-4-8-18-14/h3-11H,1-2H3,(H,20,21)/b19-10+. The minimum absolute atomic E-state index is 0.767. The van der Waals surface area contributed by atoms with Gasteiger partial charge >= 0.3 is 0 Å². The number of hydrogen-bond acceptors (Lipinski definition) is 5. The third kappa shape index (κ3) is 3.38. The van der Waals surface area contributed by atoms with Crippen LogP contribution >= 0.6 is 11.3 Å². The first kappa shape index (κ1) is 14.4. The van der Waals surface area contributed by atoms with Crippen molar-refractivity contribution in [2.75, 3.05) is 5.43 Å². The topological polar surface area (TPSA) is 50.2 Å². The van der Waals surface area contributed by atoms with Crippen LogP contribution in [0.3, 0.4) is 0 Å². The van der Waals surface area contributed by atoms with Gasteiger partial charge in [-0.1, -0.05) is 23.8 Å². The van der Waals surface area contributed by atoms with E-state index in [1.165, 1.54) is 22.5 Å². The largest absolute Gasteiger partial charge is 0.255 e. The molecule has 0 saturated carbocycles. The average molecular weight is 308 g/mol. The Morgan fingerprint density at radius 2 is 2.09 bits per heavy atom. The van der Waals surface area contributed by atoms with Crippen LogP contribution in [0.25, 0.3) is 11.3 Å². The molecular weight excluding hydrogens is 292 g/mol. The molecule has 0 saturated heterocycles. The Morgan fingerprint density at radius 3 is 2.91 bits per heavy atom. The lowest BCUT2D eigenvalue weighted by atomic mass is 10.0. The van der Waals surface area contributed by atoms with E-state index in [-0.39, 0.29) is 0 Å². The van der Waals surface area contributed by atoms with Gasteiger partial charge in [0.1, 0.15) is 0 Å². The SMILES string of the molecule is Cc1ccc(C)c(-c2csc(N/N=C/c3ccccn3)n2)c1. The van der Waals surface area contributed by atoms with Crippen LogP contribution in [0.2, 0.25) is 0 Å². The maximum atomic E-state index is 4.59. The lowest BCUT2D eigenvalue weighted by Gasteiger charge is -2.03. The highest BCUT2D eigenvalue weighted by atomic mass is 32.1. The van der Waals surface area contributed by atoms with Crippen LogP contribution in [0.5, 0.6) is 0 Å². The Bertz CT molecular complexity index is 793. The molecule has 0 amide bonds. The minimum Gasteiger partial charge on any atom is -0.255 e. The number of nitrogens with one attached hydrogen (secondary N) is 1. The van der Waals surface area contributed by atoms with Crippen molar-refractivity contribution in [3.8, 4) is 11.3 Å². The Morgan fingerprint density at radius 1 is 1.18 bits per heavy atom. The van der Waals surface area contributed by atoms with Gasteiger partial charge in [0.2, 0.25) is 5.13 Å². The Balaban J connectivity index is 1.74. The van der Waals surface area contributed by atoms with Gasteiger partial charge in [0, 0.05) is 17.1 Å². The second-order valence-electron chi connectivity index (χ2n) is 4.98. The summed E-state index contributed by atoms with van der Waals surface area (Å²) in [6, 6.07) is 12.1. The third-order valence-corrected chi connectivity index (χ3v) is 3.96. The highest BCUT2D eigenvalue weighted by Crippen LogP contribution is 2.28. The summed E-state index contributed by atoms with van der Waals surface area (Å²) < 4.78 is 0. The van der Waals surface area contributed by atoms with Crippen LogP contribution in [-0.4, -0.2) is 16.2 Å². The van der Waals surface area contributed by atoms with Crippen molar-refractivity contribution in [1.29, 1.82) is 0 Å². The first-order valence-electron chi connectivity index (χ1n) is 6.95. The van der Waals surface area contributed by atoms with E-state index in [0.29, 0.717) is 0 Å². The van der Waals surface area contributed by atoms with E-state index < -0.39 is 0 Å². The van der Waals surface area contributed by atoms with Crippen molar-refractivity contribution < 1.29 is 0 Å². The maximum Gasteiger partial charge on any atom is 0.203 e. The van der Waals surface area contributed by atoms with Gasteiger partial charge in [0.05, 0.1) is 17.6 Å². The molecule has 3 rings (SSSR count). The van der Waals surface area contributed by atoms with Gasteiger partial charge in [0.25, 0.3) is 0 Å². The molecule has 0 aliphatic carbocycles. The van der Waals surface area contributed by atoms with Crippen molar-refractivity contribution in [3.63, 3.8) is 0 Å². The van der Waals surface area contributed by atoms with Crippen LogP contribution < -0.4 is 5.43 Å². The number of anilines is 1. The van der Waals surface area contributed by atoms with Gasteiger partial charge in [-0.2, -0.15) is 5.10 Å². The molecule has 0 aliphatic heterocycles. The van der Waals surface area contributed by atoms with E-state index in [1.54, 1.807) is 12.4 Å². The zero-order valence-electron chi connectivity index (χ0n) is 12.4. The summed E-state index contributed by atoms with van der Waals surface area (Å²) in [4.78, 5) is 8.76. The van der Waals surface area contributed by atoms with E-state index in [4.69, 9.17) is 0 Å². The summed E-state index contributed by atoms with van der Waals surface area (Å²) in [6.45, 7) is 4.19. The fraction of sp³-hybridized carbons (Fsp3) is 0.118. The van der Waals surface area contributed by atoms with Crippen molar-refractivity contribution in [2.45, 2.75) is 13.8 Å². The van der Waals surface area contributed by atoms with Crippen LogP contribution in [0.15, 0.2) is 53.1 Å². The monoisotopic (exact) mass is 308 g/mol. The summed E-state index contributed by atoms with van der Waals surface area (Å²) in [5.74, 6) is 0. The first-order valence-corrected chi connectivity index (χ1v) is 7.83. The predicted molar refractivity (Wildman–Crippen MR) is 92.5 cm³/mol. The van der Waals surface area contributed by atoms with Crippen LogP contribution in [0.4, 0.5) is 5.13 Å². The Hall–Kier alpha value is -2.53. The zero-order valence-corrected chi connectivity index (χ0v) is 13.3. The lowest BCUT2D eigenvalue weighted by Crippen LogP contribution is -1.92. The predicted octanol–water partition coefficient (Wildman–Crippen LogP) is 4.27. The molecule has 2 heterocycles. The molecular formula is C17H16N4S. The number of rotatable bonds is 4. The van der Waals surface area contributed by atoms with Gasteiger partial charge in [-0.3, -0.25) is 10.4 Å². The van der Waals surface area contributed by atoms with E-state index in [1.807, 2.05) is 23.6 Å². The molecule has 0 fully saturated rings. The number of nitrogens with zero attached hydrogens (tertiary/aromatic N) is 3. The highest BCUT2D eigenvalue weighted by Gasteiger charge is 2.07. The van der Waals surface area contributed by atoms with Crippen LogP contribution in [0.1, 0.15) is 16.8 Å². The van der Waals surface area contributed by atoms with Crippen LogP contribution in [-0.2, 0) is 0 Å². The fourth-order valence-electron chi connectivity index (χ4n) is 2.07. The lowest BCUT2D eigenvalue weighted by molar-refractivity contribution is 1.26. The first-order chi connectivity index (χ1) is 10.7. The summed E-state index contributed by atoms with van der Waals surface area (Å²) in [5.41, 5.74) is 8.35. The van der Waals surface area contributed by atoms with Crippen molar-refractivity contribution in [2.24, 2.45) is 5.10 Å². The average Bonchev–Trinajstić information content (AvgIpc) is 2.99. The highest BCUT2D eigenvalue weighted by molar-refractivity contribution is 7.14. The molecule has 3 aromatic rings. The molecule has 1 N–H and O–H groups in total. The Kier molecular flexibility index (Phi) is 4.25. The van der Waals surface area contributed by atoms with Gasteiger partial charge < -0.3 is 0 Å². The minimum atomic E-state index is 0.767. The van der Waals surface area contributed by atoms with Crippen molar-refractivity contribution in [3.05, 3.63) is 64.8 Å². The molecule has 22 heavy (non-hydrogen) atoms. The van der Waals surface area contributed by atoms with Crippen molar-refractivity contribution >= 4 is 22.7 Å². The summed E-state index contributed by atoms with van der Waals surface area (Å²) in [5, 5.41) is 6.98. The van der Waals surface area contributed by atoms with Crippen LogP contribution in [0, 0.1) is 13.8 Å². The number of pyridine rings is 1. The van der Waals surface area contributed by atoms with Gasteiger partial charge in [0.15, 0.2) is 0 Å². The molecule has 1 aromatic carbocycles. The number of thiazole rings is 1. The number of aromatic nitrogens is 2. The number of hydrogen-bond donors (Lipinski definition) is 1. The maximum absolute atomic E-state index is 4.59. The normalized spacial score (nSPS) is 11.0. The molecule has 0 radical (unpaired) electrons. The molecule has 0 unspecified atom stereocenters. The smallest absolute Gasteiger partial charge is 0.203 e. The summed E-state index contributed by atoms with van der Waals surface area (Å²) >= 11 is 1.54. The molecule has 2 aromatic heterocycles. The molecule has 110 valence electrons. The molecule has 0 bridgehead atoms. The molecule has 0 atom stereocenters. The third-order valence-electron chi connectivity index (χ3n) is 3.22. The van der Waals surface area contributed by atoms with E-state index >= 15 is 0 Å². The molecule has 0 aliphatic rings. The van der Waals surface area contributed by atoms with E-state index in [9.17, 15) is 0 Å². The molecule has 0 spiro atoms. The van der Waals surface area contributed by atoms with Gasteiger partial charge in [-0.15, -0.1) is 11.3 Å². The molecule has 4 nitrogen and oxygen atoms in total. The van der Waals surface area contributed by atoms with E-state index in [0.717, 1.165) is 22.1 Å². The quantitative estimate of drug-likeness (QED) is 0.578. The fourth-order valence-corrected chi connectivity index (χ4v) is 2.73. The Labute approximate surface area is 133 Å². The van der Waals surface area contributed by atoms with E-state index in [2.05, 4.69) is 52.5 Å². The van der Waals surface area contributed by atoms with Crippen molar-refractivity contribution in [1.82, 2.24) is 9.97 Å². The second kappa shape index (κ2) is 6.49.